The van der Waals surface area contributed by atoms with Crippen molar-refractivity contribution < 1.29 is 9.13 Å². The maximum Gasteiger partial charge on any atom is 0.254 e. The lowest BCUT2D eigenvalue weighted by Gasteiger charge is -2.32. The average molecular weight is 197 g/mol. The number of aryl methyl sites for hydroxylation is 1. The second-order valence-corrected chi connectivity index (χ2v) is 3.55. The number of aromatic nitrogens is 2. The Morgan fingerprint density at radius 2 is 2.21 bits per heavy atom. The summed E-state index contributed by atoms with van der Waals surface area (Å²) in [4.78, 5) is 7.45. The van der Waals surface area contributed by atoms with E-state index in [4.69, 9.17) is 10.5 Å². The molecule has 1 heterocycles. The third-order valence-corrected chi connectivity index (χ3v) is 2.34. The SMILES string of the molecule is Cc1ncnc(OC2CC(N)C2)c1F. The Hall–Kier alpha value is -1.23. The summed E-state index contributed by atoms with van der Waals surface area (Å²) < 4.78 is 18.7. The second kappa shape index (κ2) is 3.49. The molecule has 0 saturated heterocycles. The minimum absolute atomic E-state index is 0.00815. The lowest BCUT2D eigenvalue weighted by atomic mass is 9.90. The normalized spacial score (nSPS) is 25.6. The largest absolute Gasteiger partial charge is 0.472 e. The quantitative estimate of drug-likeness (QED) is 0.761. The molecule has 1 saturated carbocycles. The topological polar surface area (TPSA) is 61.0 Å². The van der Waals surface area contributed by atoms with E-state index in [1.807, 2.05) is 0 Å². The highest BCUT2D eigenvalue weighted by Crippen LogP contribution is 2.25. The molecule has 0 spiro atoms. The number of nitrogens with zero attached hydrogens (tertiary/aromatic N) is 2. The molecule has 0 unspecified atom stereocenters. The molecule has 0 radical (unpaired) electrons. The van der Waals surface area contributed by atoms with Gasteiger partial charge in [0.2, 0.25) is 5.82 Å². The summed E-state index contributed by atoms with van der Waals surface area (Å²) in [5, 5.41) is 0. The molecule has 1 fully saturated rings. The van der Waals surface area contributed by atoms with Crippen LogP contribution in [0.2, 0.25) is 0 Å². The fraction of sp³-hybridized carbons (Fsp3) is 0.556. The molecule has 1 aromatic heterocycles. The van der Waals surface area contributed by atoms with Crippen molar-refractivity contribution in [2.24, 2.45) is 5.73 Å². The molecule has 1 aromatic rings. The van der Waals surface area contributed by atoms with Crippen molar-refractivity contribution in [2.45, 2.75) is 31.9 Å². The van der Waals surface area contributed by atoms with E-state index < -0.39 is 5.82 Å². The van der Waals surface area contributed by atoms with Crippen LogP contribution < -0.4 is 10.5 Å². The Morgan fingerprint density at radius 3 is 2.86 bits per heavy atom. The van der Waals surface area contributed by atoms with Gasteiger partial charge in [0.25, 0.3) is 5.88 Å². The van der Waals surface area contributed by atoms with Crippen LogP contribution in [0.5, 0.6) is 5.88 Å². The van der Waals surface area contributed by atoms with Crippen molar-refractivity contribution in [1.82, 2.24) is 9.97 Å². The Kier molecular flexibility index (Phi) is 2.33. The van der Waals surface area contributed by atoms with E-state index in [1.165, 1.54) is 6.33 Å². The Balaban J connectivity index is 2.06. The van der Waals surface area contributed by atoms with Crippen molar-refractivity contribution in [1.29, 1.82) is 0 Å². The van der Waals surface area contributed by atoms with Gasteiger partial charge in [-0.15, -0.1) is 0 Å². The molecule has 0 aliphatic heterocycles. The predicted octanol–water partition coefficient (Wildman–Crippen LogP) is 0.793. The van der Waals surface area contributed by atoms with E-state index in [0.29, 0.717) is 5.69 Å². The average Bonchev–Trinajstić information content (AvgIpc) is 2.10. The van der Waals surface area contributed by atoms with Gasteiger partial charge in [-0.05, 0) is 19.8 Å². The zero-order valence-corrected chi connectivity index (χ0v) is 7.90. The molecule has 4 nitrogen and oxygen atoms in total. The predicted molar refractivity (Wildman–Crippen MR) is 48.4 cm³/mol. The van der Waals surface area contributed by atoms with Gasteiger partial charge < -0.3 is 10.5 Å². The van der Waals surface area contributed by atoms with Crippen LogP contribution in [-0.4, -0.2) is 22.1 Å². The Morgan fingerprint density at radius 1 is 1.50 bits per heavy atom. The molecule has 0 aromatic carbocycles. The highest BCUT2D eigenvalue weighted by molar-refractivity contribution is 5.16. The molecule has 0 amide bonds. The van der Waals surface area contributed by atoms with Crippen LogP contribution in [0.1, 0.15) is 18.5 Å². The van der Waals surface area contributed by atoms with Gasteiger partial charge in [-0.25, -0.2) is 4.98 Å². The Bertz CT molecular complexity index is 339. The molecule has 0 atom stereocenters. The van der Waals surface area contributed by atoms with Gasteiger partial charge in [0.15, 0.2) is 0 Å². The summed E-state index contributed by atoms with van der Waals surface area (Å²) in [5.74, 6) is -0.442. The zero-order chi connectivity index (χ0) is 10.1. The van der Waals surface area contributed by atoms with Gasteiger partial charge in [-0.2, -0.15) is 9.37 Å². The van der Waals surface area contributed by atoms with Gasteiger partial charge in [-0.1, -0.05) is 0 Å². The molecule has 1 aliphatic rings. The molecule has 5 heteroatoms. The maximum absolute atomic E-state index is 13.3. The summed E-state index contributed by atoms with van der Waals surface area (Å²) in [7, 11) is 0. The minimum atomic E-state index is -0.479. The fourth-order valence-electron chi connectivity index (χ4n) is 1.38. The van der Waals surface area contributed by atoms with Crippen molar-refractivity contribution in [2.75, 3.05) is 0 Å². The van der Waals surface area contributed by atoms with Crippen LogP contribution in [0.15, 0.2) is 6.33 Å². The number of ether oxygens (including phenoxy) is 1. The minimum Gasteiger partial charge on any atom is -0.472 e. The molecule has 2 N–H and O–H groups in total. The van der Waals surface area contributed by atoms with E-state index in [2.05, 4.69) is 9.97 Å². The standard InChI is InChI=1S/C9H12FN3O/c1-5-8(10)9(13-4-12-5)14-7-2-6(11)3-7/h4,6-7H,2-3,11H2,1H3. The van der Waals surface area contributed by atoms with Crippen LogP contribution >= 0.6 is 0 Å². The number of nitrogens with two attached hydrogens (primary N) is 1. The van der Waals surface area contributed by atoms with Crippen molar-refractivity contribution >= 4 is 0 Å². The summed E-state index contributed by atoms with van der Waals surface area (Å²) in [6.07, 6.45) is 2.84. The van der Waals surface area contributed by atoms with E-state index >= 15 is 0 Å². The lowest BCUT2D eigenvalue weighted by Crippen LogP contribution is -2.43. The summed E-state index contributed by atoms with van der Waals surface area (Å²) in [5.41, 5.74) is 5.89. The third-order valence-electron chi connectivity index (χ3n) is 2.34. The first-order chi connectivity index (χ1) is 6.66. The maximum atomic E-state index is 13.3. The van der Waals surface area contributed by atoms with Gasteiger partial charge >= 0.3 is 0 Å². The van der Waals surface area contributed by atoms with Crippen molar-refractivity contribution in [3.63, 3.8) is 0 Å². The van der Waals surface area contributed by atoms with E-state index in [1.54, 1.807) is 6.92 Å². The number of halogens is 1. The third kappa shape index (κ3) is 1.68. The van der Waals surface area contributed by atoms with Crippen molar-refractivity contribution in [3.8, 4) is 5.88 Å². The number of hydrogen-bond donors (Lipinski definition) is 1. The number of hydrogen-bond acceptors (Lipinski definition) is 4. The van der Waals surface area contributed by atoms with Crippen LogP contribution in [0.3, 0.4) is 0 Å². The zero-order valence-electron chi connectivity index (χ0n) is 7.90. The molecule has 76 valence electrons. The second-order valence-electron chi connectivity index (χ2n) is 3.55. The smallest absolute Gasteiger partial charge is 0.254 e. The van der Waals surface area contributed by atoms with Crippen LogP contribution in [-0.2, 0) is 0 Å². The fourth-order valence-corrected chi connectivity index (χ4v) is 1.38. The van der Waals surface area contributed by atoms with E-state index in [-0.39, 0.29) is 18.0 Å². The summed E-state index contributed by atoms with van der Waals surface area (Å²) in [6, 6.07) is 0.186. The monoisotopic (exact) mass is 197 g/mol. The van der Waals surface area contributed by atoms with Crippen LogP contribution in [0.25, 0.3) is 0 Å². The molecule has 1 aliphatic carbocycles. The van der Waals surface area contributed by atoms with Crippen molar-refractivity contribution in [3.05, 3.63) is 17.8 Å². The first-order valence-corrected chi connectivity index (χ1v) is 4.56. The molecule has 0 bridgehead atoms. The summed E-state index contributed by atoms with van der Waals surface area (Å²) >= 11 is 0. The first kappa shape index (κ1) is 9.33. The van der Waals surface area contributed by atoms with Gasteiger partial charge in [-0.3, -0.25) is 0 Å². The van der Waals surface area contributed by atoms with Gasteiger partial charge in [0.1, 0.15) is 12.4 Å². The number of rotatable bonds is 2. The molecule has 2 rings (SSSR count). The van der Waals surface area contributed by atoms with Crippen LogP contribution in [0.4, 0.5) is 4.39 Å². The van der Waals surface area contributed by atoms with E-state index in [9.17, 15) is 4.39 Å². The van der Waals surface area contributed by atoms with Gasteiger partial charge in [0, 0.05) is 6.04 Å². The highest BCUT2D eigenvalue weighted by Gasteiger charge is 2.29. The Labute approximate surface area is 81.3 Å². The summed E-state index contributed by atoms with van der Waals surface area (Å²) in [6.45, 7) is 1.58. The molecular weight excluding hydrogens is 185 g/mol. The molecular formula is C9H12FN3O. The molecule has 14 heavy (non-hydrogen) atoms. The van der Waals surface area contributed by atoms with E-state index in [0.717, 1.165) is 12.8 Å². The van der Waals surface area contributed by atoms with Crippen LogP contribution in [0, 0.1) is 12.7 Å². The first-order valence-electron chi connectivity index (χ1n) is 4.56. The lowest BCUT2D eigenvalue weighted by molar-refractivity contribution is 0.0904. The van der Waals surface area contributed by atoms with Gasteiger partial charge in [0.05, 0.1) is 5.69 Å². The highest BCUT2D eigenvalue weighted by atomic mass is 19.1.